The van der Waals surface area contributed by atoms with E-state index in [9.17, 15) is 9.59 Å². The summed E-state index contributed by atoms with van der Waals surface area (Å²) in [5.41, 5.74) is 1.17. The molecule has 1 heterocycles. The summed E-state index contributed by atoms with van der Waals surface area (Å²) in [6, 6.07) is 11.7. The second-order valence-corrected chi connectivity index (χ2v) is 6.07. The van der Waals surface area contributed by atoms with E-state index in [0.717, 1.165) is 5.56 Å². The Hall–Kier alpha value is -3.55. The molecule has 2 aromatic carbocycles. The third-order valence-electron chi connectivity index (χ3n) is 4.27. The van der Waals surface area contributed by atoms with Gasteiger partial charge in [-0.1, -0.05) is 12.1 Å². The molecule has 28 heavy (non-hydrogen) atoms. The lowest BCUT2D eigenvalue weighted by Gasteiger charge is -2.21. The van der Waals surface area contributed by atoms with Crippen molar-refractivity contribution in [1.82, 2.24) is 10.6 Å². The van der Waals surface area contributed by atoms with Gasteiger partial charge in [0.05, 0.1) is 33.8 Å². The number of rotatable bonds is 5. The number of carbonyl (C=O) groups is 2. The Morgan fingerprint density at radius 3 is 2.18 bits per heavy atom. The molecule has 3 rings (SSSR count). The van der Waals surface area contributed by atoms with Crippen LogP contribution in [0.3, 0.4) is 0 Å². The Morgan fingerprint density at radius 1 is 1.00 bits per heavy atom. The molecule has 0 saturated heterocycles. The Morgan fingerprint density at radius 2 is 1.61 bits per heavy atom. The smallest absolute Gasteiger partial charge is 0.258 e. The standard InChI is InChI=1S/C20H21N3O5/c1-26-14-6-4-12(5-7-14)17-11-18(24)22-20(21-17)23-19(25)13-8-15(27-2)10-16(9-13)28-3/h4-10,17H,11H2,1-3H3,(H2,21,22,23,24,25)/t17-/m1/s1. The van der Waals surface area contributed by atoms with Crippen LogP contribution in [-0.2, 0) is 4.79 Å². The number of hydrogen-bond donors (Lipinski definition) is 2. The molecule has 2 aromatic rings. The maximum absolute atomic E-state index is 12.6. The van der Waals surface area contributed by atoms with Crippen LogP contribution in [0.2, 0.25) is 0 Å². The molecule has 2 N–H and O–H groups in total. The van der Waals surface area contributed by atoms with Crippen LogP contribution in [0.15, 0.2) is 47.5 Å². The van der Waals surface area contributed by atoms with Crippen molar-refractivity contribution in [3.05, 3.63) is 53.6 Å². The number of nitrogens with one attached hydrogen (secondary N) is 2. The third kappa shape index (κ3) is 4.40. The molecule has 1 aliphatic rings. The third-order valence-corrected chi connectivity index (χ3v) is 4.27. The minimum atomic E-state index is -0.438. The zero-order valence-electron chi connectivity index (χ0n) is 15.8. The van der Waals surface area contributed by atoms with E-state index in [1.54, 1.807) is 37.4 Å². The van der Waals surface area contributed by atoms with Crippen LogP contribution in [0.25, 0.3) is 0 Å². The summed E-state index contributed by atoms with van der Waals surface area (Å²) >= 11 is 0. The lowest BCUT2D eigenvalue weighted by Crippen LogP contribution is -2.47. The Kier molecular flexibility index (Phi) is 5.78. The van der Waals surface area contributed by atoms with Gasteiger partial charge in [0.25, 0.3) is 5.91 Å². The predicted octanol–water partition coefficient (Wildman–Crippen LogP) is 2.06. The zero-order valence-corrected chi connectivity index (χ0v) is 15.8. The van der Waals surface area contributed by atoms with Crippen LogP contribution in [0.4, 0.5) is 0 Å². The minimum Gasteiger partial charge on any atom is -0.497 e. The topological polar surface area (TPSA) is 98.3 Å². The molecule has 1 aliphatic heterocycles. The molecule has 1 atom stereocenters. The van der Waals surface area contributed by atoms with Crippen LogP contribution in [-0.4, -0.2) is 39.1 Å². The van der Waals surface area contributed by atoms with Gasteiger partial charge in [0.2, 0.25) is 11.9 Å². The number of methoxy groups -OCH3 is 3. The molecule has 0 aliphatic carbocycles. The highest BCUT2D eigenvalue weighted by atomic mass is 16.5. The quantitative estimate of drug-likeness (QED) is 0.824. The molecule has 0 radical (unpaired) electrons. The van der Waals surface area contributed by atoms with Gasteiger partial charge in [0.15, 0.2) is 0 Å². The van der Waals surface area contributed by atoms with Gasteiger partial charge in [-0.25, -0.2) is 4.99 Å². The Labute approximate surface area is 162 Å². The fourth-order valence-electron chi connectivity index (χ4n) is 2.79. The van der Waals surface area contributed by atoms with E-state index in [1.807, 2.05) is 12.1 Å². The Balaban J connectivity index is 1.81. The summed E-state index contributed by atoms with van der Waals surface area (Å²) in [7, 11) is 4.59. The number of aliphatic imine (C=N–C) groups is 1. The number of nitrogens with zero attached hydrogens (tertiary/aromatic N) is 1. The highest BCUT2D eigenvalue weighted by Crippen LogP contribution is 2.26. The van der Waals surface area contributed by atoms with E-state index in [0.29, 0.717) is 22.8 Å². The van der Waals surface area contributed by atoms with Crippen molar-refractivity contribution in [3.8, 4) is 17.2 Å². The van der Waals surface area contributed by atoms with Crippen molar-refractivity contribution >= 4 is 17.8 Å². The molecule has 146 valence electrons. The second-order valence-electron chi connectivity index (χ2n) is 6.07. The molecule has 2 amide bonds. The highest BCUT2D eigenvalue weighted by molar-refractivity contribution is 6.10. The van der Waals surface area contributed by atoms with E-state index in [1.165, 1.54) is 14.2 Å². The maximum Gasteiger partial charge on any atom is 0.258 e. The van der Waals surface area contributed by atoms with E-state index in [4.69, 9.17) is 14.2 Å². The monoisotopic (exact) mass is 383 g/mol. The number of guanidine groups is 1. The SMILES string of the molecule is COc1ccc([C@H]2CC(=O)NC(NC(=O)c3cc(OC)cc(OC)c3)=N2)cc1. The summed E-state index contributed by atoms with van der Waals surface area (Å²) in [6.07, 6.45) is 0.193. The van der Waals surface area contributed by atoms with Gasteiger partial charge in [-0.15, -0.1) is 0 Å². The molecule has 0 spiro atoms. The minimum absolute atomic E-state index is 0.101. The molecule has 8 heteroatoms. The molecular formula is C20H21N3O5. The average Bonchev–Trinajstić information content (AvgIpc) is 2.72. The lowest BCUT2D eigenvalue weighted by molar-refractivity contribution is -0.120. The Bertz CT molecular complexity index is 886. The molecule has 0 fully saturated rings. The fraction of sp³-hybridized carbons (Fsp3) is 0.250. The van der Waals surface area contributed by atoms with Crippen LogP contribution in [0.5, 0.6) is 17.2 Å². The highest BCUT2D eigenvalue weighted by Gasteiger charge is 2.24. The first kappa shape index (κ1) is 19.2. The summed E-state index contributed by atoms with van der Waals surface area (Å²) in [4.78, 5) is 29.2. The van der Waals surface area contributed by atoms with Crippen LogP contribution in [0.1, 0.15) is 28.4 Å². The van der Waals surface area contributed by atoms with Crippen LogP contribution >= 0.6 is 0 Å². The van der Waals surface area contributed by atoms with Gasteiger partial charge in [-0.2, -0.15) is 0 Å². The summed E-state index contributed by atoms with van der Waals surface area (Å²) in [6.45, 7) is 0. The molecule has 0 bridgehead atoms. The number of benzene rings is 2. The van der Waals surface area contributed by atoms with Gasteiger partial charge in [-0.05, 0) is 29.8 Å². The van der Waals surface area contributed by atoms with Crippen molar-refractivity contribution < 1.29 is 23.8 Å². The fourth-order valence-corrected chi connectivity index (χ4v) is 2.79. The summed E-state index contributed by atoms with van der Waals surface area (Å²) in [5.74, 6) is 1.11. The molecular weight excluding hydrogens is 362 g/mol. The van der Waals surface area contributed by atoms with E-state index in [-0.39, 0.29) is 18.3 Å². The first-order chi connectivity index (χ1) is 13.5. The summed E-state index contributed by atoms with van der Waals surface area (Å²) in [5, 5.41) is 5.22. The van der Waals surface area contributed by atoms with Gasteiger partial charge >= 0.3 is 0 Å². The second kappa shape index (κ2) is 8.43. The maximum atomic E-state index is 12.6. The largest absolute Gasteiger partial charge is 0.497 e. The van der Waals surface area contributed by atoms with Crippen molar-refractivity contribution in [1.29, 1.82) is 0 Å². The molecule has 0 unspecified atom stereocenters. The normalized spacial score (nSPS) is 15.9. The number of carbonyl (C=O) groups excluding carboxylic acids is 2. The van der Waals surface area contributed by atoms with Gasteiger partial charge in [-0.3, -0.25) is 20.2 Å². The van der Waals surface area contributed by atoms with Crippen molar-refractivity contribution in [2.45, 2.75) is 12.5 Å². The van der Waals surface area contributed by atoms with Gasteiger partial charge in [0.1, 0.15) is 17.2 Å². The van der Waals surface area contributed by atoms with Crippen molar-refractivity contribution in [2.75, 3.05) is 21.3 Å². The van der Waals surface area contributed by atoms with E-state index in [2.05, 4.69) is 15.6 Å². The van der Waals surface area contributed by atoms with Gasteiger partial charge in [0, 0.05) is 11.6 Å². The van der Waals surface area contributed by atoms with Gasteiger partial charge < -0.3 is 14.2 Å². The number of ether oxygens (including phenoxy) is 3. The van der Waals surface area contributed by atoms with E-state index >= 15 is 0 Å². The average molecular weight is 383 g/mol. The predicted molar refractivity (Wildman–Crippen MR) is 103 cm³/mol. The van der Waals surface area contributed by atoms with Crippen LogP contribution < -0.4 is 24.8 Å². The summed E-state index contributed by atoms with van der Waals surface area (Å²) < 4.78 is 15.5. The first-order valence-electron chi connectivity index (χ1n) is 8.58. The van der Waals surface area contributed by atoms with E-state index < -0.39 is 11.9 Å². The number of amides is 2. The molecule has 8 nitrogen and oxygen atoms in total. The lowest BCUT2D eigenvalue weighted by atomic mass is 10.0. The van der Waals surface area contributed by atoms with Crippen LogP contribution in [0, 0.1) is 0 Å². The van der Waals surface area contributed by atoms with Crippen molar-refractivity contribution in [2.24, 2.45) is 4.99 Å². The zero-order chi connectivity index (χ0) is 20.1. The van der Waals surface area contributed by atoms with Crippen molar-refractivity contribution in [3.63, 3.8) is 0 Å². The molecule has 0 saturated carbocycles. The first-order valence-corrected chi connectivity index (χ1v) is 8.58. The molecule has 0 aromatic heterocycles. The number of hydrogen-bond acceptors (Lipinski definition) is 6.